The normalized spacial score (nSPS) is 17.9. The van der Waals surface area contributed by atoms with Gasteiger partial charge in [0.25, 0.3) is 0 Å². The quantitative estimate of drug-likeness (QED) is 0.848. The zero-order valence-corrected chi connectivity index (χ0v) is 12.6. The lowest BCUT2D eigenvalue weighted by Gasteiger charge is -2.21. The Morgan fingerprint density at radius 1 is 1.43 bits per heavy atom. The summed E-state index contributed by atoms with van der Waals surface area (Å²) in [5, 5.41) is 0. The van der Waals surface area contributed by atoms with Gasteiger partial charge in [-0.1, -0.05) is 6.92 Å². The molecule has 2 heterocycles. The van der Waals surface area contributed by atoms with E-state index in [4.69, 9.17) is 4.42 Å². The summed E-state index contributed by atoms with van der Waals surface area (Å²) in [6.45, 7) is 5.52. The minimum Gasteiger partial charge on any atom is -0.469 e. The second kappa shape index (κ2) is 5.02. The molecule has 0 aromatic carbocycles. The van der Waals surface area contributed by atoms with E-state index in [0.29, 0.717) is 12.8 Å². The summed E-state index contributed by atoms with van der Waals surface area (Å²) in [7, 11) is 0. The number of nitrogens with zero attached hydrogens (tertiary/aromatic N) is 1. The van der Waals surface area contributed by atoms with Crippen LogP contribution in [0.15, 0.2) is 22.8 Å². The van der Waals surface area contributed by atoms with Crippen LogP contribution >= 0.6 is 0 Å². The molecular formula is C17H19NO3. The molecule has 0 radical (unpaired) electrons. The van der Waals surface area contributed by atoms with Gasteiger partial charge in [0.05, 0.1) is 6.26 Å². The second-order valence-corrected chi connectivity index (χ2v) is 5.65. The highest BCUT2D eigenvalue weighted by molar-refractivity contribution is 6.02. The van der Waals surface area contributed by atoms with Gasteiger partial charge in [0.15, 0.2) is 5.78 Å². The Balaban J connectivity index is 2.15. The van der Waals surface area contributed by atoms with Crippen LogP contribution in [-0.4, -0.2) is 16.3 Å². The first-order valence-electron chi connectivity index (χ1n) is 7.35. The molecule has 2 aromatic rings. The van der Waals surface area contributed by atoms with E-state index in [1.165, 1.54) is 0 Å². The lowest BCUT2D eigenvalue weighted by Crippen LogP contribution is -2.22. The highest BCUT2D eigenvalue weighted by Gasteiger charge is 2.34. The molecule has 1 atom stereocenters. The second-order valence-electron chi connectivity index (χ2n) is 5.65. The number of furan rings is 1. The van der Waals surface area contributed by atoms with Crippen LogP contribution < -0.4 is 0 Å². The van der Waals surface area contributed by atoms with Crippen molar-refractivity contribution in [2.24, 2.45) is 0 Å². The van der Waals surface area contributed by atoms with E-state index in [1.807, 2.05) is 26.0 Å². The fourth-order valence-corrected chi connectivity index (χ4v) is 3.53. The Morgan fingerprint density at radius 3 is 2.76 bits per heavy atom. The van der Waals surface area contributed by atoms with Crippen molar-refractivity contribution in [2.75, 3.05) is 0 Å². The highest BCUT2D eigenvalue weighted by atomic mass is 16.3. The average molecular weight is 285 g/mol. The monoisotopic (exact) mass is 285 g/mol. The Bertz CT molecular complexity index is 707. The van der Waals surface area contributed by atoms with Gasteiger partial charge < -0.3 is 4.42 Å². The fraction of sp³-hybridized carbons (Fsp3) is 0.412. The molecule has 0 aliphatic heterocycles. The van der Waals surface area contributed by atoms with E-state index >= 15 is 0 Å². The average Bonchev–Trinajstić information content (AvgIpc) is 3.04. The molecule has 0 saturated carbocycles. The van der Waals surface area contributed by atoms with Gasteiger partial charge in [0.1, 0.15) is 5.76 Å². The molecule has 2 aromatic heterocycles. The lowest BCUT2D eigenvalue weighted by molar-refractivity contribution is 0.0927. The first kappa shape index (κ1) is 13.9. The molecule has 0 fully saturated rings. The molecule has 4 nitrogen and oxygen atoms in total. The molecule has 0 N–H and O–H groups in total. The van der Waals surface area contributed by atoms with Crippen molar-refractivity contribution in [1.29, 1.82) is 0 Å². The Morgan fingerprint density at radius 2 is 2.19 bits per heavy atom. The number of rotatable bonds is 2. The number of hydrogen-bond acceptors (Lipinski definition) is 3. The number of Topliss-reactive ketones (excluding diaryl/α,β-unsaturated/α-hetero) is 1. The SMILES string of the molecule is CCc1c(C)c2c(n1C(C)=O)CC(c1ccco1)CC2=O. The smallest absolute Gasteiger partial charge is 0.227 e. The standard InChI is InChI=1S/C17H19NO3/c1-4-13-10(2)17-14(18(13)11(3)19)8-12(9-15(17)20)16-6-5-7-21-16/h5-7,12H,4,8-9H2,1-3H3. The third kappa shape index (κ3) is 2.06. The Labute approximate surface area is 123 Å². The minimum absolute atomic E-state index is 0.0240. The van der Waals surface area contributed by atoms with Gasteiger partial charge in [0, 0.05) is 36.2 Å². The molecule has 1 unspecified atom stereocenters. The summed E-state index contributed by atoms with van der Waals surface area (Å²) in [5.41, 5.74) is 3.53. The van der Waals surface area contributed by atoms with Crippen molar-refractivity contribution in [2.45, 2.75) is 46.0 Å². The number of hydrogen-bond donors (Lipinski definition) is 0. The zero-order chi connectivity index (χ0) is 15.1. The molecule has 3 rings (SSSR count). The van der Waals surface area contributed by atoms with Gasteiger partial charge in [-0.3, -0.25) is 14.2 Å². The maximum atomic E-state index is 12.5. The van der Waals surface area contributed by atoms with Crippen molar-refractivity contribution >= 4 is 11.7 Å². The van der Waals surface area contributed by atoms with Crippen LogP contribution in [0.4, 0.5) is 0 Å². The summed E-state index contributed by atoms with van der Waals surface area (Å²) < 4.78 is 7.19. The van der Waals surface area contributed by atoms with E-state index in [9.17, 15) is 9.59 Å². The first-order valence-corrected chi connectivity index (χ1v) is 7.35. The Hall–Kier alpha value is -2.10. The van der Waals surface area contributed by atoms with E-state index in [0.717, 1.165) is 34.7 Å². The predicted molar refractivity (Wildman–Crippen MR) is 78.9 cm³/mol. The van der Waals surface area contributed by atoms with Crippen LogP contribution in [0, 0.1) is 6.92 Å². The summed E-state index contributed by atoms with van der Waals surface area (Å²) in [6.07, 6.45) is 3.50. The first-order chi connectivity index (χ1) is 10.0. The van der Waals surface area contributed by atoms with Gasteiger partial charge in [-0.05, 0) is 37.5 Å². The topological polar surface area (TPSA) is 52.2 Å². The van der Waals surface area contributed by atoms with Crippen molar-refractivity contribution < 1.29 is 14.0 Å². The third-order valence-electron chi connectivity index (χ3n) is 4.38. The van der Waals surface area contributed by atoms with Crippen LogP contribution in [-0.2, 0) is 12.8 Å². The minimum atomic E-state index is -0.0240. The summed E-state index contributed by atoms with van der Waals surface area (Å²) >= 11 is 0. The number of fused-ring (bicyclic) bond motifs is 1. The number of ketones is 1. The molecule has 1 aliphatic carbocycles. The fourth-order valence-electron chi connectivity index (χ4n) is 3.53. The van der Waals surface area contributed by atoms with Gasteiger partial charge in [0.2, 0.25) is 5.91 Å². The van der Waals surface area contributed by atoms with E-state index in [-0.39, 0.29) is 17.6 Å². The van der Waals surface area contributed by atoms with Gasteiger partial charge in [-0.25, -0.2) is 0 Å². The third-order valence-corrected chi connectivity index (χ3v) is 4.38. The molecule has 0 spiro atoms. The van der Waals surface area contributed by atoms with Crippen LogP contribution in [0.25, 0.3) is 0 Å². The molecule has 110 valence electrons. The van der Waals surface area contributed by atoms with Crippen molar-refractivity contribution in [3.05, 3.63) is 46.7 Å². The maximum absolute atomic E-state index is 12.5. The van der Waals surface area contributed by atoms with Crippen molar-refractivity contribution in [3.63, 3.8) is 0 Å². The van der Waals surface area contributed by atoms with Crippen LogP contribution in [0.1, 0.15) is 64.1 Å². The van der Waals surface area contributed by atoms with Crippen molar-refractivity contribution in [3.8, 4) is 0 Å². The largest absolute Gasteiger partial charge is 0.469 e. The van der Waals surface area contributed by atoms with Gasteiger partial charge in [-0.2, -0.15) is 0 Å². The molecule has 0 saturated heterocycles. The lowest BCUT2D eigenvalue weighted by atomic mass is 9.84. The number of carbonyl (C=O) groups is 2. The highest BCUT2D eigenvalue weighted by Crippen LogP contribution is 2.37. The van der Waals surface area contributed by atoms with E-state index < -0.39 is 0 Å². The van der Waals surface area contributed by atoms with Crippen LogP contribution in [0.2, 0.25) is 0 Å². The van der Waals surface area contributed by atoms with E-state index in [2.05, 4.69) is 0 Å². The zero-order valence-electron chi connectivity index (χ0n) is 12.6. The summed E-state index contributed by atoms with van der Waals surface area (Å²) in [4.78, 5) is 24.6. The number of aromatic nitrogens is 1. The van der Waals surface area contributed by atoms with E-state index in [1.54, 1.807) is 17.8 Å². The maximum Gasteiger partial charge on any atom is 0.227 e. The molecule has 21 heavy (non-hydrogen) atoms. The van der Waals surface area contributed by atoms with Gasteiger partial charge >= 0.3 is 0 Å². The van der Waals surface area contributed by atoms with Crippen molar-refractivity contribution in [1.82, 2.24) is 4.57 Å². The molecular weight excluding hydrogens is 266 g/mol. The van der Waals surface area contributed by atoms with Crippen LogP contribution in [0.5, 0.6) is 0 Å². The Kier molecular flexibility index (Phi) is 3.32. The summed E-state index contributed by atoms with van der Waals surface area (Å²) in [6, 6.07) is 3.74. The van der Waals surface area contributed by atoms with Gasteiger partial charge in [-0.15, -0.1) is 0 Å². The molecule has 4 heteroatoms. The molecule has 0 amide bonds. The van der Waals surface area contributed by atoms with Crippen LogP contribution in [0.3, 0.4) is 0 Å². The molecule has 0 bridgehead atoms. The predicted octanol–water partition coefficient (Wildman–Crippen LogP) is 3.52. The molecule has 1 aliphatic rings. The number of carbonyl (C=O) groups excluding carboxylic acids is 2. The summed E-state index contributed by atoms with van der Waals surface area (Å²) in [5.74, 6) is 0.937.